The monoisotopic (exact) mass is 360 g/mol. The summed E-state index contributed by atoms with van der Waals surface area (Å²) in [5.74, 6) is -0.503. The maximum absolute atomic E-state index is 12.7. The number of nitrogens with zero attached hydrogens (tertiary/aromatic N) is 1. The number of hydrogen-bond acceptors (Lipinski definition) is 2. The average molecular weight is 361 g/mol. The number of nitrogens with one attached hydrogen (secondary N) is 1. The Morgan fingerprint density at radius 2 is 1.92 bits per heavy atom. The van der Waals surface area contributed by atoms with Crippen LogP contribution in [-0.2, 0) is 6.54 Å². The van der Waals surface area contributed by atoms with E-state index in [0.29, 0.717) is 27.7 Å². The van der Waals surface area contributed by atoms with Crippen molar-refractivity contribution >= 4 is 45.7 Å². The topological polar surface area (TPSA) is 51.1 Å². The van der Waals surface area contributed by atoms with Gasteiger partial charge in [0.05, 0.1) is 16.2 Å². The maximum Gasteiger partial charge on any atom is 0.261 e. The molecule has 0 aliphatic heterocycles. The molecule has 0 spiro atoms. The highest BCUT2D eigenvalue weighted by Gasteiger charge is 2.16. The number of aromatic nitrogens is 1. The summed E-state index contributed by atoms with van der Waals surface area (Å²) in [6.45, 7) is 2.55. The molecule has 0 bridgehead atoms. The summed E-state index contributed by atoms with van der Waals surface area (Å²) < 4.78 is 1.84. The first-order chi connectivity index (χ1) is 11.5. The van der Waals surface area contributed by atoms with Crippen molar-refractivity contribution in [3.8, 4) is 0 Å². The fraction of sp³-hybridized carbons (Fsp3) is 0.111. The minimum Gasteiger partial charge on any atom is -0.347 e. The molecule has 3 rings (SSSR count). The first kappa shape index (κ1) is 16.6. The van der Waals surface area contributed by atoms with E-state index in [0.717, 1.165) is 5.52 Å². The van der Waals surface area contributed by atoms with E-state index in [1.165, 1.54) is 0 Å². The van der Waals surface area contributed by atoms with E-state index in [-0.39, 0.29) is 11.0 Å². The number of fused-ring (bicyclic) bond motifs is 1. The lowest BCUT2D eigenvalue weighted by Gasteiger charge is -2.12. The fourth-order valence-corrected chi connectivity index (χ4v) is 2.90. The minimum absolute atomic E-state index is 0.0477. The normalized spacial score (nSPS) is 10.8. The second-order valence-corrected chi connectivity index (χ2v) is 6.10. The fourth-order valence-electron chi connectivity index (χ4n) is 2.55. The van der Waals surface area contributed by atoms with Crippen LogP contribution in [0.15, 0.2) is 53.5 Å². The van der Waals surface area contributed by atoms with Crippen molar-refractivity contribution in [1.82, 2.24) is 4.57 Å². The van der Waals surface area contributed by atoms with Crippen molar-refractivity contribution < 1.29 is 4.79 Å². The number of aryl methyl sites for hydroxylation is 1. The highest BCUT2D eigenvalue weighted by atomic mass is 35.5. The number of anilines is 1. The third-order valence-electron chi connectivity index (χ3n) is 3.75. The van der Waals surface area contributed by atoms with Gasteiger partial charge in [-0.2, -0.15) is 0 Å². The largest absolute Gasteiger partial charge is 0.347 e. The molecule has 4 nitrogen and oxygen atoms in total. The smallest absolute Gasteiger partial charge is 0.261 e. The molecule has 1 N–H and O–H groups in total. The summed E-state index contributed by atoms with van der Waals surface area (Å²) in [7, 11) is 0. The van der Waals surface area contributed by atoms with Crippen molar-refractivity contribution in [2.75, 3.05) is 5.32 Å². The number of benzene rings is 2. The van der Waals surface area contributed by atoms with Gasteiger partial charge >= 0.3 is 0 Å². The second-order valence-electron chi connectivity index (χ2n) is 5.25. The Kier molecular flexibility index (Phi) is 4.60. The molecule has 0 radical (unpaired) electrons. The molecule has 0 atom stereocenters. The van der Waals surface area contributed by atoms with Crippen LogP contribution >= 0.6 is 23.2 Å². The van der Waals surface area contributed by atoms with Crippen molar-refractivity contribution in [2.24, 2.45) is 0 Å². The molecule has 0 aliphatic rings. The van der Waals surface area contributed by atoms with E-state index in [9.17, 15) is 9.59 Å². The molecule has 1 heterocycles. The Labute approximate surface area is 148 Å². The van der Waals surface area contributed by atoms with Crippen LogP contribution in [0.5, 0.6) is 0 Å². The van der Waals surface area contributed by atoms with Crippen LogP contribution in [0, 0.1) is 0 Å². The standard InChI is InChI=1S/C18H14Cl2N2O2/c1-2-22-10-13(17(23)12-9-11(19)7-8-16(12)22)18(24)21-15-6-4-3-5-14(15)20/h3-10H,2H2,1H3,(H,21,24). The van der Waals surface area contributed by atoms with E-state index in [2.05, 4.69) is 5.32 Å². The SMILES string of the molecule is CCn1cc(C(=O)Nc2ccccc2Cl)c(=O)c2cc(Cl)ccc21. The molecular formula is C18H14Cl2N2O2. The van der Waals surface area contributed by atoms with Gasteiger partial charge in [-0.05, 0) is 37.3 Å². The Bertz CT molecular complexity index is 996. The number of amides is 1. The van der Waals surface area contributed by atoms with E-state index in [1.807, 2.05) is 11.5 Å². The lowest BCUT2D eigenvalue weighted by atomic mass is 10.1. The highest BCUT2D eigenvalue weighted by Crippen LogP contribution is 2.22. The zero-order valence-electron chi connectivity index (χ0n) is 12.8. The van der Waals surface area contributed by atoms with Crippen molar-refractivity contribution in [1.29, 1.82) is 0 Å². The number of halogens is 2. The molecule has 0 saturated heterocycles. The molecular weight excluding hydrogens is 347 g/mol. The summed E-state index contributed by atoms with van der Waals surface area (Å²) in [4.78, 5) is 25.3. The molecule has 6 heteroatoms. The van der Waals surface area contributed by atoms with Gasteiger partial charge in [0.25, 0.3) is 5.91 Å². The summed E-state index contributed by atoms with van der Waals surface area (Å²) in [5.41, 5.74) is 0.882. The van der Waals surface area contributed by atoms with Crippen LogP contribution < -0.4 is 10.7 Å². The number of carbonyl (C=O) groups excluding carboxylic acids is 1. The van der Waals surface area contributed by atoms with Gasteiger partial charge in [-0.25, -0.2) is 0 Å². The van der Waals surface area contributed by atoms with Gasteiger partial charge in [0.1, 0.15) is 5.56 Å². The van der Waals surface area contributed by atoms with Crippen molar-refractivity contribution in [3.05, 3.63) is 74.5 Å². The van der Waals surface area contributed by atoms with Crippen LogP contribution in [-0.4, -0.2) is 10.5 Å². The van der Waals surface area contributed by atoms with Gasteiger partial charge < -0.3 is 9.88 Å². The molecule has 0 unspecified atom stereocenters. The molecule has 24 heavy (non-hydrogen) atoms. The molecule has 122 valence electrons. The van der Waals surface area contributed by atoms with Crippen molar-refractivity contribution in [3.63, 3.8) is 0 Å². The van der Waals surface area contributed by atoms with Gasteiger partial charge in [0.2, 0.25) is 5.43 Å². The summed E-state index contributed by atoms with van der Waals surface area (Å²) >= 11 is 12.1. The van der Waals surface area contributed by atoms with Gasteiger partial charge in [0.15, 0.2) is 0 Å². The van der Waals surface area contributed by atoms with E-state index >= 15 is 0 Å². The molecule has 1 aromatic heterocycles. The van der Waals surface area contributed by atoms with Crippen LogP contribution in [0.2, 0.25) is 10.0 Å². The summed E-state index contributed by atoms with van der Waals surface area (Å²) in [5, 5.41) is 3.95. The second kappa shape index (κ2) is 6.67. The molecule has 0 aliphatic carbocycles. The summed E-state index contributed by atoms with van der Waals surface area (Å²) in [6.07, 6.45) is 1.56. The van der Waals surface area contributed by atoms with E-state index in [1.54, 1.807) is 48.7 Å². The number of para-hydroxylation sites is 1. The zero-order chi connectivity index (χ0) is 17.3. The molecule has 0 fully saturated rings. The lowest BCUT2D eigenvalue weighted by molar-refractivity contribution is 0.102. The van der Waals surface area contributed by atoms with Gasteiger partial charge in [-0.3, -0.25) is 9.59 Å². The minimum atomic E-state index is -0.503. The average Bonchev–Trinajstić information content (AvgIpc) is 2.57. The molecule has 0 saturated carbocycles. The predicted octanol–water partition coefficient (Wildman–Crippen LogP) is 4.58. The lowest BCUT2D eigenvalue weighted by Crippen LogP contribution is -2.24. The van der Waals surface area contributed by atoms with Gasteiger partial charge in [-0.15, -0.1) is 0 Å². The van der Waals surface area contributed by atoms with Crippen LogP contribution in [0.4, 0.5) is 5.69 Å². The maximum atomic E-state index is 12.7. The first-order valence-corrected chi connectivity index (χ1v) is 8.15. The predicted molar refractivity (Wildman–Crippen MR) is 98.3 cm³/mol. The van der Waals surface area contributed by atoms with Gasteiger partial charge in [-0.1, -0.05) is 35.3 Å². The molecule has 2 aromatic carbocycles. The third kappa shape index (κ3) is 3.03. The molecule has 1 amide bonds. The first-order valence-electron chi connectivity index (χ1n) is 7.40. The number of hydrogen-bond donors (Lipinski definition) is 1. The van der Waals surface area contributed by atoms with Crippen LogP contribution in [0.3, 0.4) is 0 Å². The number of pyridine rings is 1. The van der Waals surface area contributed by atoms with Crippen LogP contribution in [0.25, 0.3) is 10.9 Å². The Morgan fingerprint density at radius 1 is 1.17 bits per heavy atom. The van der Waals surface area contributed by atoms with Crippen molar-refractivity contribution in [2.45, 2.75) is 13.5 Å². The van der Waals surface area contributed by atoms with Gasteiger partial charge in [0, 0.05) is 23.2 Å². The van der Waals surface area contributed by atoms with E-state index < -0.39 is 5.91 Å². The molecule has 3 aromatic rings. The van der Waals surface area contributed by atoms with Crippen LogP contribution in [0.1, 0.15) is 17.3 Å². The Morgan fingerprint density at radius 3 is 2.62 bits per heavy atom. The van der Waals surface area contributed by atoms with E-state index in [4.69, 9.17) is 23.2 Å². The third-order valence-corrected chi connectivity index (χ3v) is 4.31. The number of rotatable bonds is 3. The zero-order valence-corrected chi connectivity index (χ0v) is 14.4. The highest BCUT2D eigenvalue weighted by molar-refractivity contribution is 6.34. The Hall–Kier alpha value is -2.30. The quantitative estimate of drug-likeness (QED) is 0.742. The Balaban J connectivity index is 2.12. The number of carbonyl (C=O) groups is 1. The summed E-state index contributed by atoms with van der Waals surface area (Å²) in [6, 6.07) is 11.9.